The summed E-state index contributed by atoms with van der Waals surface area (Å²) in [4.78, 5) is 107. The van der Waals surface area contributed by atoms with Crippen LogP contribution in [-0.4, -0.2) is 103 Å². The number of amides is 8. The van der Waals surface area contributed by atoms with Gasteiger partial charge in [-0.2, -0.15) is 0 Å². The number of alkyl halides is 2. The summed E-state index contributed by atoms with van der Waals surface area (Å²) in [5.74, 6) is -3.76. The van der Waals surface area contributed by atoms with Crippen molar-refractivity contribution in [3.8, 4) is 11.5 Å². The molecule has 8 N–H and O–H groups in total. The molecule has 0 bridgehead atoms. The van der Waals surface area contributed by atoms with E-state index in [4.69, 9.17) is 23.2 Å². The van der Waals surface area contributed by atoms with Gasteiger partial charge in [0.25, 0.3) is 17.7 Å². The van der Waals surface area contributed by atoms with E-state index >= 15 is 0 Å². The van der Waals surface area contributed by atoms with Crippen molar-refractivity contribution in [2.24, 2.45) is 21.1 Å². The van der Waals surface area contributed by atoms with Crippen LogP contribution in [0.2, 0.25) is 0 Å². The molecule has 0 aliphatic carbocycles. The zero-order valence-electron chi connectivity index (χ0n) is 42.3. The fraction of sp³-hybridized carbons (Fsp3) is 0.259. The van der Waals surface area contributed by atoms with E-state index in [9.17, 15) is 48.6 Å². The highest BCUT2D eigenvalue weighted by Crippen LogP contribution is 2.47. The number of benzene rings is 4. The molecule has 0 saturated carbocycles. The molecular formula is C54H53Cl2N11O10. The number of fused-ring (bicyclic) bond motifs is 6. The summed E-state index contributed by atoms with van der Waals surface area (Å²) in [5, 5.41) is 40.6. The van der Waals surface area contributed by atoms with Crippen LogP contribution in [0.5, 0.6) is 11.5 Å². The maximum Gasteiger partial charge on any atom is 0.272 e. The molecule has 398 valence electrons. The predicted octanol–water partition coefficient (Wildman–Crippen LogP) is 7.03. The van der Waals surface area contributed by atoms with Crippen molar-refractivity contribution in [3.63, 3.8) is 0 Å². The van der Waals surface area contributed by atoms with Crippen LogP contribution < -0.4 is 41.7 Å². The zero-order chi connectivity index (χ0) is 55.1. The molecule has 9 rings (SSSR count). The van der Waals surface area contributed by atoms with E-state index in [0.717, 1.165) is 11.1 Å². The smallest absolute Gasteiger partial charge is 0.272 e. The maximum atomic E-state index is 13.6. The molecule has 4 aromatic carbocycles. The number of hydrogen-bond donors (Lipinski definition) is 8. The topological polar surface area (TPSA) is 270 Å². The number of aromatic hydroxyl groups is 2. The Morgan fingerprint density at radius 1 is 0.506 bits per heavy atom. The number of carbonyl (C=O) groups is 8. The van der Waals surface area contributed by atoms with Gasteiger partial charge in [-0.15, -0.1) is 23.2 Å². The van der Waals surface area contributed by atoms with E-state index in [-0.39, 0.29) is 108 Å². The summed E-state index contributed by atoms with van der Waals surface area (Å²) in [6, 6.07) is 17.6. The molecule has 0 fully saturated rings. The lowest BCUT2D eigenvalue weighted by Crippen LogP contribution is -2.40. The van der Waals surface area contributed by atoms with Gasteiger partial charge < -0.3 is 65.6 Å². The average molecular weight is 1090 g/mol. The van der Waals surface area contributed by atoms with Gasteiger partial charge >= 0.3 is 0 Å². The van der Waals surface area contributed by atoms with Crippen molar-refractivity contribution < 1.29 is 48.6 Å². The molecule has 21 nitrogen and oxygen atoms in total. The largest absolute Gasteiger partial charge is 0.507 e. The number of aromatic nitrogens is 3. The van der Waals surface area contributed by atoms with Gasteiger partial charge in [0.15, 0.2) is 0 Å². The first kappa shape index (κ1) is 53.0. The van der Waals surface area contributed by atoms with Crippen LogP contribution in [0, 0.1) is 0 Å². The van der Waals surface area contributed by atoms with Crippen LogP contribution >= 0.6 is 23.2 Å². The quantitative estimate of drug-likeness (QED) is 0.0486. The number of nitrogens with one attached hydrogen (secondary N) is 6. The lowest BCUT2D eigenvalue weighted by Gasteiger charge is -2.19. The SMILES string of the molecule is CC(=O)Nc1ccc2c3c(cc(O)c2c1)N(C(=O)CCC(=O)Nc1cc(C(=O)Nc2cc(C(=O)Nc4cc(C(=O)NCC(=O)N5CC(CCl)c6c5cc(O)c5cc(NC(C)=O)ccc65)n(C)c4)n(C)c2)n(C)c1)CC3CCl. The minimum absolute atomic E-state index is 0.0794. The Balaban J connectivity index is 0.775. The second-order valence-corrected chi connectivity index (χ2v) is 19.7. The fourth-order valence-corrected chi connectivity index (χ4v) is 10.6. The number of hydrogen-bond acceptors (Lipinski definition) is 10. The third kappa shape index (κ3) is 10.7. The Bertz CT molecular complexity index is 3640. The average Bonchev–Trinajstić information content (AvgIpc) is 4.24. The number of anilines is 7. The number of phenolic OH excluding ortho intramolecular Hbond substituents is 2. The number of halogens is 2. The normalized spacial score (nSPS) is 14.5. The Morgan fingerprint density at radius 2 is 0.922 bits per heavy atom. The van der Waals surface area contributed by atoms with Crippen molar-refractivity contribution in [2.45, 2.75) is 38.5 Å². The van der Waals surface area contributed by atoms with Gasteiger partial charge in [-0.25, -0.2) is 0 Å². The minimum atomic E-state index is -0.590. The van der Waals surface area contributed by atoms with Crippen LogP contribution in [-0.2, 0) is 45.1 Å². The summed E-state index contributed by atoms with van der Waals surface area (Å²) in [6.07, 6.45) is 4.28. The fourth-order valence-electron chi connectivity index (χ4n) is 10.1. The standard InChI is InChI=1S/C54H53Cl2N11O10/c1-27(68)58-31-6-8-36-38(12-31)45(70)17-40-50(36)29(19-55)22-66(40)48(73)11-10-47(72)60-33-14-43(64(4)24-33)53(76)62-35-16-44(65(5)26-35)54(77)61-34-15-42(63(3)25-34)52(75)57-21-49(74)67-23-30(20-56)51-37-9-7-32(59-28(2)69)13-39(37)46(71)18-41(51)67/h6-9,12-18,24-26,29-30,70-71H,10-11,19-23H2,1-5H3,(H,57,75)(H,58,68)(H,59,69)(H,60,72)(H,61,77)(H,62,76). The van der Waals surface area contributed by atoms with E-state index in [1.807, 2.05) is 0 Å². The predicted molar refractivity (Wildman–Crippen MR) is 294 cm³/mol. The van der Waals surface area contributed by atoms with Crippen molar-refractivity contribution in [1.82, 2.24) is 19.0 Å². The molecule has 2 atom stereocenters. The number of aryl methyl sites for hydroxylation is 3. The molecule has 0 radical (unpaired) electrons. The van der Waals surface area contributed by atoms with Gasteiger partial charge in [-0.05, 0) is 64.4 Å². The molecule has 2 aliphatic rings. The van der Waals surface area contributed by atoms with E-state index in [0.29, 0.717) is 55.7 Å². The summed E-state index contributed by atoms with van der Waals surface area (Å²) < 4.78 is 4.51. The first-order valence-corrected chi connectivity index (χ1v) is 25.4. The minimum Gasteiger partial charge on any atom is -0.507 e. The van der Waals surface area contributed by atoms with Crippen LogP contribution in [0.3, 0.4) is 0 Å². The van der Waals surface area contributed by atoms with Gasteiger partial charge in [0.05, 0.1) is 35.0 Å². The van der Waals surface area contributed by atoms with E-state index in [1.54, 1.807) is 69.9 Å². The molecule has 8 amide bonds. The third-order valence-electron chi connectivity index (χ3n) is 13.6. The van der Waals surface area contributed by atoms with Crippen molar-refractivity contribution in [3.05, 3.63) is 114 Å². The highest BCUT2D eigenvalue weighted by molar-refractivity contribution is 6.20. The Kier molecular flexibility index (Phi) is 14.8. The highest BCUT2D eigenvalue weighted by atomic mass is 35.5. The van der Waals surface area contributed by atoms with Crippen molar-refractivity contribution in [2.75, 3.05) is 67.8 Å². The highest BCUT2D eigenvalue weighted by Gasteiger charge is 2.36. The number of phenols is 2. The molecular weight excluding hydrogens is 1030 g/mol. The van der Waals surface area contributed by atoms with E-state index < -0.39 is 29.5 Å². The Morgan fingerprint density at radius 3 is 1.35 bits per heavy atom. The van der Waals surface area contributed by atoms with Crippen LogP contribution in [0.4, 0.5) is 39.8 Å². The molecule has 3 aromatic heterocycles. The maximum absolute atomic E-state index is 13.6. The molecule has 2 unspecified atom stereocenters. The summed E-state index contributed by atoms with van der Waals surface area (Å²) in [6.45, 7) is 2.85. The molecule has 77 heavy (non-hydrogen) atoms. The number of nitrogens with zero attached hydrogens (tertiary/aromatic N) is 5. The Labute approximate surface area is 450 Å². The van der Waals surface area contributed by atoms with Gasteiger partial charge in [0.1, 0.15) is 28.6 Å². The lowest BCUT2D eigenvalue weighted by molar-refractivity contribution is -0.122. The van der Waals surface area contributed by atoms with Gasteiger partial charge in [0, 0.05) is 137 Å². The molecule has 0 spiro atoms. The second-order valence-electron chi connectivity index (χ2n) is 19.1. The molecule has 23 heteroatoms. The second kappa shape index (κ2) is 21.4. The van der Waals surface area contributed by atoms with Gasteiger partial charge in [-0.3, -0.25) is 38.4 Å². The lowest BCUT2D eigenvalue weighted by atomic mass is 9.95. The molecule has 0 saturated heterocycles. The van der Waals surface area contributed by atoms with Crippen molar-refractivity contribution in [1.29, 1.82) is 0 Å². The van der Waals surface area contributed by atoms with E-state index in [1.165, 1.54) is 73.9 Å². The summed E-state index contributed by atoms with van der Waals surface area (Å²) in [7, 11) is 4.84. The van der Waals surface area contributed by atoms with Gasteiger partial charge in [-0.1, -0.05) is 12.1 Å². The number of carbonyl (C=O) groups excluding carboxylic acids is 8. The summed E-state index contributed by atoms with van der Waals surface area (Å²) >= 11 is 12.7. The Hall–Kier alpha value is -8.82. The van der Waals surface area contributed by atoms with Crippen LogP contribution in [0.15, 0.2) is 85.3 Å². The number of rotatable bonds is 15. The van der Waals surface area contributed by atoms with Crippen LogP contribution in [0.1, 0.15) is 81.1 Å². The first-order chi connectivity index (χ1) is 36.7. The third-order valence-corrected chi connectivity index (χ3v) is 14.3. The van der Waals surface area contributed by atoms with E-state index in [2.05, 4.69) is 31.9 Å². The van der Waals surface area contributed by atoms with Crippen LogP contribution in [0.25, 0.3) is 21.5 Å². The van der Waals surface area contributed by atoms with Crippen molar-refractivity contribution >= 4 is 132 Å². The molecule has 2 aliphatic heterocycles. The van der Waals surface area contributed by atoms with Gasteiger partial charge in [0.2, 0.25) is 29.5 Å². The molecule has 7 aromatic rings. The monoisotopic (exact) mass is 1090 g/mol. The summed E-state index contributed by atoms with van der Waals surface area (Å²) in [5.41, 5.74) is 4.89. The first-order valence-electron chi connectivity index (χ1n) is 24.3. The zero-order valence-corrected chi connectivity index (χ0v) is 43.9. The molecule has 5 heterocycles.